The maximum Gasteiger partial charge on any atom is 0.259 e. The molecule has 0 bridgehead atoms. The van der Waals surface area contributed by atoms with Gasteiger partial charge in [0, 0.05) is 47.9 Å². The van der Waals surface area contributed by atoms with Crippen molar-refractivity contribution in [1.82, 2.24) is 24.5 Å². The summed E-state index contributed by atoms with van der Waals surface area (Å²) >= 11 is 0. The van der Waals surface area contributed by atoms with E-state index in [0.29, 0.717) is 28.5 Å². The molecule has 0 atom stereocenters. The van der Waals surface area contributed by atoms with Crippen LogP contribution in [0, 0.1) is 19.3 Å². The third-order valence-corrected chi connectivity index (χ3v) is 5.75. The van der Waals surface area contributed by atoms with Crippen molar-refractivity contribution < 1.29 is 0 Å². The Morgan fingerprint density at radius 2 is 1.94 bits per heavy atom. The van der Waals surface area contributed by atoms with E-state index in [1.807, 2.05) is 49.4 Å². The molecule has 2 aromatic carbocycles. The first-order valence-corrected chi connectivity index (χ1v) is 10.6. The molecule has 34 heavy (non-hydrogen) atoms. The Balaban J connectivity index is 1.72. The number of nitrogens with zero attached hydrogens (tertiary/aromatic N) is 5. The first-order chi connectivity index (χ1) is 16.5. The van der Waals surface area contributed by atoms with Gasteiger partial charge >= 0.3 is 0 Å². The molecule has 0 saturated heterocycles. The van der Waals surface area contributed by atoms with Crippen LogP contribution in [0.15, 0.2) is 59.8 Å². The summed E-state index contributed by atoms with van der Waals surface area (Å²) in [5.41, 5.74) is 4.85. The lowest BCUT2D eigenvalue weighted by atomic mass is 9.97. The minimum Gasteiger partial charge on any atom is -0.357 e. The SMILES string of the molecule is C#Cc1cccc(Nc2ncnc3c(-c4cc5cnc(NC)nc5n(C)c4=O)c(C)ccc23)c1. The van der Waals surface area contributed by atoms with Crippen LogP contribution in [0.2, 0.25) is 0 Å². The van der Waals surface area contributed by atoms with Crippen molar-refractivity contribution in [2.75, 3.05) is 17.7 Å². The standard InChI is InChI=1S/C26H21N7O/c1-5-16-7-6-8-18(11-16)31-23-19-10-9-15(2)21(22(19)29-14-30-23)20-12-17-13-28-26(27-3)32-24(17)33(4)25(20)34/h1,6-14H,2-4H3,(H,27,28,32)(H,29,30,31). The summed E-state index contributed by atoms with van der Waals surface area (Å²) in [5, 5.41) is 7.78. The van der Waals surface area contributed by atoms with E-state index < -0.39 is 0 Å². The molecule has 0 radical (unpaired) electrons. The van der Waals surface area contributed by atoms with Crippen molar-refractivity contribution in [2.45, 2.75) is 6.92 Å². The fourth-order valence-corrected chi connectivity index (χ4v) is 4.04. The lowest BCUT2D eigenvalue weighted by Crippen LogP contribution is -2.20. The van der Waals surface area contributed by atoms with E-state index in [4.69, 9.17) is 6.42 Å². The molecule has 0 unspecified atom stereocenters. The first kappa shape index (κ1) is 21.1. The van der Waals surface area contributed by atoms with Crippen LogP contribution >= 0.6 is 0 Å². The second-order valence-electron chi connectivity index (χ2n) is 7.87. The summed E-state index contributed by atoms with van der Waals surface area (Å²) in [6.45, 7) is 1.96. The van der Waals surface area contributed by atoms with Crippen molar-refractivity contribution in [3.63, 3.8) is 0 Å². The summed E-state index contributed by atoms with van der Waals surface area (Å²) in [7, 11) is 3.45. The number of benzene rings is 2. The molecular formula is C26H21N7O. The molecule has 8 nitrogen and oxygen atoms in total. The minimum atomic E-state index is -0.168. The van der Waals surface area contributed by atoms with Gasteiger partial charge < -0.3 is 10.6 Å². The zero-order valence-electron chi connectivity index (χ0n) is 18.9. The Hall–Kier alpha value is -4.77. The Labute approximate surface area is 195 Å². The van der Waals surface area contributed by atoms with Crippen LogP contribution in [-0.2, 0) is 7.05 Å². The zero-order valence-corrected chi connectivity index (χ0v) is 18.9. The molecule has 0 aliphatic carbocycles. The molecule has 5 rings (SSSR count). The number of rotatable bonds is 4. The molecular weight excluding hydrogens is 426 g/mol. The van der Waals surface area contributed by atoms with Gasteiger partial charge in [-0.05, 0) is 42.8 Å². The van der Waals surface area contributed by atoms with E-state index in [0.717, 1.165) is 33.2 Å². The third kappa shape index (κ3) is 3.49. The Morgan fingerprint density at radius 1 is 1.09 bits per heavy atom. The molecule has 0 aliphatic rings. The quantitative estimate of drug-likeness (QED) is 0.402. The molecule has 5 aromatic rings. The molecule has 3 heterocycles. The highest BCUT2D eigenvalue weighted by Gasteiger charge is 2.18. The molecule has 0 amide bonds. The predicted octanol–water partition coefficient (Wildman–Crippen LogP) is 4.01. The Kier molecular flexibility index (Phi) is 5.15. The zero-order chi connectivity index (χ0) is 23.8. The van der Waals surface area contributed by atoms with Crippen molar-refractivity contribution in [3.05, 3.63) is 76.5 Å². The second kappa shape index (κ2) is 8.30. The van der Waals surface area contributed by atoms with Gasteiger partial charge in [-0.1, -0.05) is 18.1 Å². The molecule has 8 heteroatoms. The van der Waals surface area contributed by atoms with Gasteiger partial charge in [0.15, 0.2) is 0 Å². The highest BCUT2D eigenvalue weighted by Crippen LogP contribution is 2.33. The average Bonchev–Trinajstić information content (AvgIpc) is 2.86. The fourth-order valence-electron chi connectivity index (χ4n) is 4.04. The largest absolute Gasteiger partial charge is 0.357 e. The number of fused-ring (bicyclic) bond motifs is 2. The smallest absolute Gasteiger partial charge is 0.259 e. The number of aryl methyl sites for hydroxylation is 2. The Morgan fingerprint density at radius 3 is 2.74 bits per heavy atom. The van der Waals surface area contributed by atoms with Gasteiger partial charge in [-0.15, -0.1) is 6.42 Å². The fraction of sp³-hybridized carbons (Fsp3) is 0.115. The number of hydrogen-bond acceptors (Lipinski definition) is 7. The molecule has 2 N–H and O–H groups in total. The van der Waals surface area contributed by atoms with Crippen LogP contribution in [0.25, 0.3) is 33.1 Å². The Bertz CT molecular complexity index is 1680. The van der Waals surface area contributed by atoms with E-state index in [1.54, 1.807) is 20.3 Å². The van der Waals surface area contributed by atoms with E-state index in [1.165, 1.54) is 10.9 Å². The van der Waals surface area contributed by atoms with Crippen molar-refractivity contribution in [1.29, 1.82) is 0 Å². The van der Waals surface area contributed by atoms with Crippen molar-refractivity contribution in [2.24, 2.45) is 7.05 Å². The van der Waals surface area contributed by atoms with Gasteiger partial charge in [0.2, 0.25) is 5.95 Å². The summed E-state index contributed by atoms with van der Waals surface area (Å²) in [6, 6.07) is 13.3. The summed E-state index contributed by atoms with van der Waals surface area (Å²) < 4.78 is 1.54. The summed E-state index contributed by atoms with van der Waals surface area (Å²) in [6.07, 6.45) is 8.74. The predicted molar refractivity (Wildman–Crippen MR) is 135 cm³/mol. The average molecular weight is 448 g/mol. The highest BCUT2D eigenvalue weighted by atomic mass is 16.1. The first-order valence-electron chi connectivity index (χ1n) is 10.6. The number of anilines is 3. The monoisotopic (exact) mass is 447 g/mol. The lowest BCUT2D eigenvalue weighted by Gasteiger charge is -2.14. The van der Waals surface area contributed by atoms with E-state index in [2.05, 4.69) is 36.5 Å². The minimum absolute atomic E-state index is 0.168. The van der Waals surface area contributed by atoms with Crippen LogP contribution in [-0.4, -0.2) is 31.6 Å². The number of terminal acetylenes is 1. The molecule has 0 spiro atoms. The van der Waals surface area contributed by atoms with Crippen LogP contribution in [0.5, 0.6) is 0 Å². The van der Waals surface area contributed by atoms with Gasteiger partial charge in [0.25, 0.3) is 5.56 Å². The van der Waals surface area contributed by atoms with Crippen LogP contribution in [0.1, 0.15) is 11.1 Å². The van der Waals surface area contributed by atoms with Gasteiger partial charge in [0.05, 0.1) is 11.1 Å². The number of aromatic nitrogens is 5. The molecule has 166 valence electrons. The van der Waals surface area contributed by atoms with Gasteiger partial charge in [-0.3, -0.25) is 9.36 Å². The van der Waals surface area contributed by atoms with Gasteiger partial charge in [0.1, 0.15) is 17.8 Å². The van der Waals surface area contributed by atoms with Gasteiger partial charge in [-0.2, -0.15) is 4.98 Å². The van der Waals surface area contributed by atoms with Crippen molar-refractivity contribution >= 4 is 39.4 Å². The van der Waals surface area contributed by atoms with E-state index in [-0.39, 0.29) is 5.56 Å². The maximum atomic E-state index is 13.4. The summed E-state index contributed by atoms with van der Waals surface area (Å²) in [5.74, 6) is 3.72. The highest BCUT2D eigenvalue weighted by molar-refractivity contribution is 6.02. The molecule has 0 fully saturated rings. The van der Waals surface area contributed by atoms with Gasteiger partial charge in [-0.25, -0.2) is 15.0 Å². The maximum absolute atomic E-state index is 13.4. The van der Waals surface area contributed by atoms with E-state index in [9.17, 15) is 4.79 Å². The number of nitrogens with one attached hydrogen (secondary N) is 2. The number of pyridine rings is 1. The number of hydrogen-bond donors (Lipinski definition) is 2. The lowest BCUT2D eigenvalue weighted by molar-refractivity contribution is 0.886. The molecule has 0 saturated carbocycles. The van der Waals surface area contributed by atoms with E-state index >= 15 is 0 Å². The van der Waals surface area contributed by atoms with Crippen LogP contribution in [0.3, 0.4) is 0 Å². The van der Waals surface area contributed by atoms with Crippen molar-refractivity contribution in [3.8, 4) is 23.5 Å². The molecule has 0 aliphatic heterocycles. The summed E-state index contributed by atoms with van der Waals surface area (Å²) in [4.78, 5) is 31.2. The topological polar surface area (TPSA) is 97.6 Å². The normalized spacial score (nSPS) is 10.9. The second-order valence-corrected chi connectivity index (χ2v) is 7.87. The van der Waals surface area contributed by atoms with Crippen LogP contribution in [0.4, 0.5) is 17.5 Å². The van der Waals surface area contributed by atoms with Crippen LogP contribution < -0.4 is 16.2 Å². The molecule has 3 aromatic heterocycles. The third-order valence-electron chi connectivity index (χ3n) is 5.75.